The van der Waals surface area contributed by atoms with Crippen molar-refractivity contribution >= 4 is 22.4 Å². The number of nitrogens with zero attached hydrogens (tertiary/aromatic N) is 2. The topological polar surface area (TPSA) is 59.2 Å². The molecule has 1 saturated heterocycles. The van der Waals surface area contributed by atoms with Crippen LogP contribution in [0.25, 0.3) is 0 Å². The lowest BCUT2D eigenvalue weighted by atomic mass is 10.2. The van der Waals surface area contributed by atoms with Gasteiger partial charge < -0.3 is 5.73 Å². The van der Waals surface area contributed by atoms with Gasteiger partial charge in [0.25, 0.3) is 0 Å². The van der Waals surface area contributed by atoms with Crippen LogP contribution in [-0.4, -0.2) is 23.5 Å². The number of carbonyl (C=O) groups is 1. The number of thiazole rings is 1. The maximum absolute atomic E-state index is 11.6. The Bertz CT molecular complexity index is 374. The Hall–Kier alpha value is -0.940. The molecule has 2 N–H and O–H groups in total. The van der Waals surface area contributed by atoms with Crippen LogP contribution in [0.2, 0.25) is 0 Å². The third-order valence-corrected chi connectivity index (χ3v) is 3.37. The number of hydrogen-bond donors (Lipinski definition) is 1. The van der Waals surface area contributed by atoms with Crippen molar-refractivity contribution in [3.05, 3.63) is 11.1 Å². The second kappa shape index (κ2) is 3.90. The third-order valence-electron chi connectivity index (χ3n) is 2.49. The Morgan fingerprint density at radius 2 is 2.40 bits per heavy atom. The van der Waals surface area contributed by atoms with Crippen LogP contribution in [0.4, 0.5) is 5.13 Å². The maximum atomic E-state index is 11.6. The summed E-state index contributed by atoms with van der Waals surface area (Å²) in [4.78, 5) is 17.7. The molecule has 2 heterocycles. The number of hydrogen-bond acceptors (Lipinski definition) is 4. The fraction of sp³-hybridized carbons (Fsp3) is 0.600. The van der Waals surface area contributed by atoms with Crippen molar-refractivity contribution in [3.63, 3.8) is 0 Å². The average Bonchev–Trinajstić information content (AvgIpc) is 2.71. The van der Waals surface area contributed by atoms with Crippen LogP contribution in [0.1, 0.15) is 31.9 Å². The summed E-state index contributed by atoms with van der Waals surface area (Å²) in [5.74, 6) is 0.494. The molecule has 1 atom stereocenters. The smallest absolute Gasteiger partial charge is 0.230 e. The molecule has 1 aromatic heterocycles. The van der Waals surface area contributed by atoms with E-state index in [1.165, 1.54) is 11.3 Å². The van der Waals surface area contributed by atoms with Crippen LogP contribution >= 0.6 is 11.3 Å². The minimum Gasteiger partial charge on any atom is -0.326 e. The molecule has 0 bridgehead atoms. The van der Waals surface area contributed by atoms with Crippen molar-refractivity contribution in [1.29, 1.82) is 0 Å². The van der Waals surface area contributed by atoms with E-state index in [1.807, 2.05) is 5.38 Å². The van der Waals surface area contributed by atoms with Gasteiger partial charge in [0.15, 0.2) is 5.13 Å². The van der Waals surface area contributed by atoms with E-state index < -0.39 is 0 Å². The molecule has 0 radical (unpaired) electrons. The fourth-order valence-electron chi connectivity index (χ4n) is 1.59. The summed E-state index contributed by atoms with van der Waals surface area (Å²) < 4.78 is 0. The van der Waals surface area contributed by atoms with Crippen LogP contribution in [0.15, 0.2) is 5.38 Å². The highest BCUT2D eigenvalue weighted by atomic mass is 32.1. The van der Waals surface area contributed by atoms with E-state index in [0.29, 0.717) is 18.9 Å². The Balaban J connectivity index is 2.19. The van der Waals surface area contributed by atoms with Crippen LogP contribution < -0.4 is 10.6 Å². The summed E-state index contributed by atoms with van der Waals surface area (Å²) in [6.07, 6.45) is 0.441. The number of aromatic nitrogens is 1. The molecule has 1 aromatic rings. The standard InChI is InChI=1S/C10H15N3OS/c1-6(2)8-5-15-10(12-8)13-4-7(11)3-9(13)14/h5-7H,3-4,11H2,1-2H3. The normalized spacial score (nSPS) is 21.7. The first-order valence-corrected chi connectivity index (χ1v) is 5.97. The summed E-state index contributed by atoms with van der Waals surface area (Å²) in [7, 11) is 0. The molecule has 1 unspecified atom stereocenters. The summed E-state index contributed by atoms with van der Waals surface area (Å²) >= 11 is 1.52. The van der Waals surface area contributed by atoms with Crippen LogP contribution in [0, 0.1) is 0 Å². The van der Waals surface area contributed by atoms with Gasteiger partial charge in [-0.1, -0.05) is 13.8 Å². The summed E-state index contributed by atoms with van der Waals surface area (Å²) in [5, 5.41) is 2.80. The number of amides is 1. The molecule has 2 rings (SSSR count). The highest BCUT2D eigenvalue weighted by molar-refractivity contribution is 7.14. The summed E-state index contributed by atoms with van der Waals surface area (Å²) in [6.45, 7) is 4.79. The van der Waals surface area contributed by atoms with Gasteiger partial charge in [0.2, 0.25) is 5.91 Å². The maximum Gasteiger partial charge on any atom is 0.230 e. The zero-order valence-electron chi connectivity index (χ0n) is 8.93. The first kappa shape index (κ1) is 10.6. The predicted molar refractivity (Wildman–Crippen MR) is 61.1 cm³/mol. The van der Waals surface area contributed by atoms with E-state index in [0.717, 1.165) is 10.8 Å². The molecule has 0 aromatic carbocycles. The zero-order valence-corrected chi connectivity index (χ0v) is 9.75. The summed E-state index contributed by atoms with van der Waals surface area (Å²) in [5.41, 5.74) is 6.78. The van der Waals surface area contributed by atoms with Gasteiger partial charge in [-0.2, -0.15) is 0 Å². The molecule has 1 amide bonds. The van der Waals surface area contributed by atoms with Gasteiger partial charge >= 0.3 is 0 Å². The predicted octanol–water partition coefficient (Wildman–Crippen LogP) is 1.33. The molecular weight excluding hydrogens is 210 g/mol. The number of rotatable bonds is 2. The highest BCUT2D eigenvalue weighted by Gasteiger charge is 2.29. The molecule has 1 fully saturated rings. The molecule has 1 aliphatic rings. The number of nitrogens with two attached hydrogens (primary N) is 1. The summed E-state index contributed by atoms with van der Waals surface area (Å²) in [6, 6.07) is -0.0381. The monoisotopic (exact) mass is 225 g/mol. The molecule has 4 nitrogen and oxygen atoms in total. The Morgan fingerprint density at radius 1 is 1.67 bits per heavy atom. The van der Waals surface area contributed by atoms with E-state index in [9.17, 15) is 4.79 Å². The number of carbonyl (C=O) groups excluding carboxylic acids is 1. The van der Waals surface area contributed by atoms with Crippen molar-refractivity contribution in [2.45, 2.75) is 32.2 Å². The van der Waals surface area contributed by atoms with E-state index in [2.05, 4.69) is 18.8 Å². The average molecular weight is 225 g/mol. The third kappa shape index (κ3) is 2.03. The van der Waals surface area contributed by atoms with Crippen LogP contribution in [0.3, 0.4) is 0 Å². The van der Waals surface area contributed by atoms with Crippen molar-refractivity contribution in [3.8, 4) is 0 Å². The van der Waals surface area contributed by atoms with Gasteiger partial charge in [0, 0.05) is 24.4 Å². The first-order chi connectivity index (χ1) is 7.08. The fourth-order valence-corrected chi connectivity index (χ4v) is 2.60. The molecule has 1 aliphatic heterocycles. The molecule has 0 saturated carbocycles. The lowest BCUT2D eigenvalue weighted by molar-refractivity contribution is -0.117. The largest absolute Gasteiger partial charge is 0.326 e. The lowest BCUT2D eigenvalue weighted by Gasteiger charge is -2.11. The molecule has 0 aliphatic carbocycles. The minimum absolute atomic E-state index is 0.0381. The van der Waals surface area contributed by atoms with E-state index >= 15 is 0 Å². The van der Waals surface area contributed by atoms with Gasteiger partial charge in [-0.25, -0.2) is 4.98 Å². The van der Waals surface area contributed by atoms with E-state index in [4.69, 9.17) is 5.73 Å². The Morgan fingerprint density at radius 3 is 2.87 bits per heavy atom. The van der Waals surface area contributed by atoms with Gasteiger partial charge in [-0.05, 0) is 5.92 Å². The van der Waals surface area contributed by atoms with Gasteiger partial charge in [-0.15, -0.1) is 11.3 Å². The second-order valence-corrected chi connectivity index (χ2v) is 5.01. The van der Waals surface area contributed by atoms with Crippen molar-refractivity contribution < 1.29 is 4.79 Å². The van der Waals surface area contributed by atoms with E-state index in [-0.39, 0.29) is 11.9 Å². The molecule has 5 heteroatoms. The molecule has 15 heavy (non-hydrogen) atoms. The molecule has 0 spiro atoms. The second-order valence-electron chi connectivity index (χ2n) is 4.18. The molecule has 82 valence electrons. The van der Waals surface area contributed by atoms with Crippen molar-refractivity contribution in [2.75, 3.05) is 11.4 Å². The van der Waals surface area contributed by atoms with Crippen LogP contribution in [0.5, 0.6) is 0 Å². The quantitative estimate of drug-likeness (QED) is 0.826. The Kier molecular flexibility index (Phi) is 2.75. The lowest BCUT2D eigenvalue weighted by Crippen LogP contribution is -2.27. The van der Waals surface area contributed by atoms with Crippen molar-refractivity contribution in [2.24, 2.45) is 5.73 Å². The SMILES string of the molecule is CC(C)c1csc(N2CC(N)CC2=O)n1. The highest BCUT2D eigenvalue weighted by Crippen LogP contribution is 2.27. The van der Waals surface area contributed by atoms with Gasteiger partial charge in [0.05, 0.1) is 5.69 Å². The van der Waals surface area contributed by atoms with Crippen molar-refractivity contribution in [1.82, 2.24) is 4.98 Å². The minimum atomic E-state index is -0.0381. The molecular formula is C10H15N3OS. The Labute approximate surface area is 93.1 Å². The zero-order chi connectivity index (χ0) is 11.0. The van der Waals surface area contributed by atoms with Crippen LogP contribution in [-0.2, 0) is 4.79 Å². The van der Waals surface area contributed by atoms with E-state index in [1.54, 1.807) is 4.90 Å². The van der Waals surface area contributed by atoms with Gasteiger partial charge in [0.1, 0.15) is 0 Å². The number of anilines is 1. The first-order valence-electron chi connectivity index (χ1n) is 5.09. The van der Waals surface area contributed by atoms with Gasteiger partial charge in [-0.3, -0.25) is 9.69 Å².